The maximum absolute atomic E-state index is 11.6. The van der Waals surface area contributed by atoms with Crippen molar-refractivity contribution in [2.75, 3.05) is 12.4 Å². The number of nitrogens with zero attached hydrogens (tertiary/aromatic N) is 2. The summed E-state index contributed by atoms with van der Waals surface area (Å²) in [6.45, 7) is 0. The molecule has 0 bridgehead atoms. The molecule has 0 aromatic carbocycles. The van der Waals surface area contributed by atoms with Crippen LogP contribution in [0.1, 0.15) is 12.8 Å². The van der Waals surface area contributed by atoms with E-state index in [0.29, 0.717) is 0 Å². The predicted molar refractivity (Wildman–Crippen MR) is 66.9 cm³/mol. The number of carbonyl (C=O) groups is 3. The molecule has 0 aliphatic heterocycles. The van der Waals surface area contributed by atoms with Crippen molar-refractivity contribution in [3.8, 4) is 0 Å². The van der Waals surface area contributed by atoms with Gasteiger partial charge in [0.1, 0.15) is 6.04 Å². The molecule has 0 spiro atoms. The van der Waals surface area contributed by atoms with Crippen molar-refractivity contribution in [2.45, 2.75) is 18.9 Å². The first-order valence-corrected chi connectivity index (χ1v) is 5.67. The highest BCUT2D eigenvalue weighted by Crippen LogP contribution is 2.01. The van der Waals surface area contributed by atoms with Crippen LogP contribution in [0.15, 0.2) is 18.5 Å². The molecule has 0 radical (unpaired) electrons. The molecule has 3 N–H and O–H groups in total. The zero-order chi connectivity index (χ0) is 15.0. The van der Waals surface area contributed by atoms with Crippen LogP contribution in [0.4, 0.5) is 10.7 Å². The molecule has 0 unspecified atom stereocenters. The van der Waals surface area contributed by atoms with Gasteiger partial charge in [-0.3, -0.25) is 10.1 Å². The maximum Gasteiger partial charge on any atom is 0.326 e. The Morgan fingerprint density at radius 1 is 1.35 bits per heavy atom. The van der Waals surface area contributed by atoms with E-state index in [4.69, 9.17) is 5.11 Å². The molecule has 1 rings (SSSR count). The van der Waals surface area contributed by atoms with Gasteiger partial charge in [0.15, 0.2) is 0 Å². The molecule has 1 atom stereocenters. The maximum atomic E-state index is 11.6. The number of ether oxygens (including phenoxy) is 1. The summed E-state index contributed by atoms with van der Waals surface area (Å²) < 4.78 is 4.40. The lowest BCUT2D eigenvalue weighted by molar-refractivity contribution is -0.142. The summed E-state index contributed by atoms with van der Waals surface area (Å²) >= 11 is 0. The van der Waals surface area contributed by atoms with Gasteiger partial charge in [0.05, 0.1) is 7.11 Å². The van der Waals surface area contributed by atoms with Gasteiger partial charge < -0.3 is 15.2 Å². The van der Waals surface area contributed by atoms with Crippen molar-refractivity contribution in [1.82, 2.24) is 15.3 Å². The van der Waals surface area contributed by atoms with Gasteiger partial charge >= 0.3 is 18.0 Å². The average Bonchev–Trinajstić information content (AvgIpc) is 2.43. The fourth-order valence-corrected chi connectivity index (χ4v) is 1.28. The number of rotatable bonds is 6. The molecule has 1 heterocycles. The molecular weight excluding hydrogens is 268 g/mol. The fourth-order valence-electron chi connectivity index (χ4n) is 1.28. The van der Waals surface area contributed by atoms with Crippen molar-refractivity contribution in [3.63, 3.8) is 0 Å². The highest BCUT2D eigenvalue weighted by molar-refractivity contribution is 5.90. The number of methoxy groups -OCH3 is 1. The molecule has 9 nitrogen and oxygen atoms in total. The topological polar surface area (TPSA) is 131 Å². The van der Waals surface area contributed by atoms with E-state index in [1.165, 1.54) is 19.5 Å². The van der Waals surface area contributed by atoms with Gasteiger partial charge in [-0.05, 0) is 12.5 Å². The summed E-state index contributed by atoms with van der Waals surface area (Å²) in [5, 5.41) is 13.4. The summed E-state index contributed by atoms with van der Waals surface area (Å²) in [5.41, 5.74) is 0. The van der Waals surface area contributed by atoms with Gasteiger partial charge in [-0.2, -0.15) is 0 Å². The summed E-state index contributed by atoms with van der Waals surface area (Å²) in [6, 6.07) is -0.411. The van der Waals surface area contributed by atoms with Crippen LogP contribution in [0.3, 0.4) is 0 Å². The van der Waals surface area contributed by atoms with E-state index < -0.39 is 24.0 Å². The summed E-state index contributed by atoms with van der Waals surface area (Å²) in [7, 11) is 1.20. The molecule has 0 saturated heterocycles. The minimum absolute atomic E-state index is 0.0436. The monoisotopic (exact) mass is 282 g/mol. The van der Waals surface area contributed by atoms with Crippen molar-refractivity contribution in [2.24, 2.45) is 0 Å². The van der Waals surface area contributed by atoms with Gasteiger partial charge in [0, 0.05) is 18.8 Å². The third-order valence-electron chi connectivity index (χ3n) is 2.26. The molecule has 0 aliphatic carbocycles. The van der Waals surface area contributed by atoms with Gasteiger partial charge in [-0.1, -0.05) is 0 Å². The molecule has 1 aromatic heterocycles. The number of carbonyl (C=O) groups excluding carboxylic acids is 2. The zero-order valence-electron chi connectivity index (χ0n) is 10.7. The van der Waals surface area contributed by atoms with E-state index in [1.807, 2.05) is 0 Å². The lowest BCUT2D eigenvalue weighted by Gasteiger charge is -2.13. The van der Waals surface area contributed by atoms with E-state index in [2.05, 4.69) is 25.3 Å². The van der Waals surface area contributed by atoms with Gasteiger partial charge in [-0.25, -0.2) is 19.6 Å². The van der Waals surface area contributed by atoms with Crippen molar-refractivity contribution >= 4 is 23.9 Å². The molecule has 108 valence electrons. The van der Waals surface area contributed by atoms with Crippen LogP contribution in [0.5, 0.6) is 0 Å². The molecule has 2 amide bonds. The van der Waals surface area contributed by atoms with E-state index in [0.717, 1.165) is 0 Å². The first-order chi connectivity index (χ1) is 9.52. The zero-order valence-corrected chi connectivity index (χ0v) is 10.7. The second kappa shape index (κ2) is 7.67. The first-order valence-electron chi connectivity index (χ1n) is 5.67. The smallest absolute Gasteiger partial charge is 0.326 e. The first kappa shape index (κ1) is 15.3. The van der Waals surface area contributed by atoms with Crippen LogP contribution >= 0.6 is 0 Å². The van der Waals surface area contributed by atoms with Gasteiger partial charge in [-0.15, -0.1) is 0 Å². The van der Waals surface area contributed by atoms with Crippen LogP contribution in [-0.2, 0) is 14.3 Å². The van der Waals surface area contributed by atoms with E-state index in [9.17, 15) is 14.4 Å². The number of aromatic nitrogens is 2. The quantitative estimate of drug-likeness (QED) is 0.626. The van der Waals surface area contributed by atoms with Crippen LogP contribution in [0, 0.1) is 0 Å². The molecular formula is C11H14N4O5. The molecule has 0 fully saturated rings. The Kier molecular flexibility index (Phi) is 5.88. The third kappa shape index (κ3) is 5.29. The Hall–Kier alpha value is -2.71. The highest BCUT2D eigenvalue weighted by atomic mass is 16.5. The highest BCUT2D eigenvalue weighted by Gasteiger charge is 2.21. The largest absolute Gasteiger partial charge is 0.480 e. The molecule has 0 aliphatic rings. The standard InChI is InChI=1S/C11H14N4O5/c1-20-8(16)4-3-7(9(17)18)14-11(19)15-10-12-5-2-6-13-10/h2,5-7H,3-4H2,1H3,(H,17,18)(H2,12,13,14,15,19)/t7-/m0/s1. The number of hydrogen-bond acceptors (Lipinski definition) is 6. The Morgan fingerprint density at radius 2 is 2.00 bits per heavy atom. The molecule has 9 heteroatoms. The Labute approximate surface area is 114 Å². The second-order valence-corrected chi connectivity index (χ2v) is 3.68. The summed E-state index contributed by atoms with van der Waals surface area (Å²) in [4.78, 5) is 41.0. The van der Waals surface area contributed by atoms with E-state index >= 15 is 0 Å². The van der Waals surface area contributed by atoms with Crippen LogP contribution in [-0.4, -0.2) is 46.2 Å². The van der Waals surface area contributed by atoms with Crippen molar-refractivity contribution < 1.29 is 24.2 Å². The Morgan fingerprint density at radius 3 is 2.55 bits per heavy atom. The normalized spacial score (nSPS) is 11.2. The number of esters is 1. The third-order valence-corrected chi connectivity index (χ3v) is 2.26. The number of amides is 2. The van der Waals surface area contributed by atoms with E-state index in [-0.39, 0.29) is 18.8 Å². The summed E-state index contributed by atoms with van der Waals surface area (Å²) in [6.07, 6.45) is 2.66. The number of urea groups is 1. The molecule has 0 saturated carbocycles. The van der Waals surface area contributed by atoms with Crippen molar-refractivity contribution in [3.05, 3.63) is 18.5 Å². The Balaban J connectivity index is 2.50. The number of nitrogens with one attached hydrogen (secondary N) is 2. The van der Waals surface area contributed by atoms with E-state index in [1.54, 1.807) is 6.07 Å². The Bertz CT molecular complexity index is 479. The number of carboxylic acid groups (broad SMARTS) is 1. The van der Waals surface area contributed by atoms with Crippen LogP contribution in [0.25, 0.3) is 0 Å². The number of carboxylic acids is 1. The van der Waals surface area contributed by atoms with Crippen LogP contribution < -0.4 is 10.6 Å². The van der Waals surface area contributed by atoms with Gasteiger partial charge in [0.2, 0.25) is 5.95 Å². The molecule has 1 aromatic rings. The number of anilines is 1. The number of aliphatic carboxylic acids is 1. The second-order valence-electron chi connectivity index (χ2n) is 3.68. The predicted octanol–water partition coefficient (Wildman–Crippen LogP) is 0.00450. The fraction of sp³-hybridized carbons (Fsp3) is 0.364. The van der Waals surface area contributed by atoms with Crippen molar-refractivity contribution in [1.29, 1.82) is 0 Å². The lowest BCUT2D eigenvalue weighted by Crippen LogP contribution is -2.43. The minimum Gasteiger partial charge on any atom is -0.480 e. The van der Waals surface area contributed by atoms with Crippen LogP contribution in [0.2, 0.25) is 0 Å². The minimum atomic E-state index is -1.25. The average molecular weight is 282 g/mol. The number of hydrogen-bond donors (Lipinski definition) is 3. The summed E-state index contributed by atoms with van der Waals surface area (Å²) in [5.74, 6) is -1.76. The molecule has 20 heavy (non-hydrogen) atoms. The lowest BCUT2D eigenvalue weighted by atomic mass is 10.1. The SMILES string of the molecule is COC(=O)CC[C@H](NC(=O)Nc1ncccn1)C(=O)O. The van der Waals surface area contributed by atoms with Gasteiger partial charge in [0.25, 0.3) is 0 Å².